The van der Waals surface area contributed by atoms with Gasteiger partial charge in [-0.2, -0.15) is 0 Å². The van der Waals surface area contributed by atoms with E-state index in [4.69, 9.17) is 16.3 Å². The summed E-state index contributed by atoms with van der Waals surface area (Å²) in [5.41, 5.74) is 0.869. The summed E-state index contributed by atoms with van der Waals surface area (Å²) >= 11 is 7.62. The number of hydrogen-bond donors (Lipinski definition) is 0. The minimum atomic E-state index is -0.270. The van der Waals surface area contributed by atoms with E-state index in [0.717, 1.165) is 18.5 Å². The van der Waals surface area contributed by atoms with Crippen LogP contribution in [0.4, 0.5) is 10.5 Å². The molecule has 0 aromatic heterocycles. The summed E-state index contributed by atoms with van der Waals surface area (Å²) < 4.78 is 5.06. The Morgan fingerprint density at radius 2 is 1.96 bits per heavy atom. The third-order valence-corrected chi connectivity index (χ3v) is 6.05. The number of hydrogen-bond acceptors (Lipinski definition) is 4. The van der Waals surface area contributed by atoms with E-state index in [-0.39, 0.29) is 16.9 Å². The monoisotopic (exact) mass is 354 g/mol. The summed E-state index contributed by atoms with van der Waals surface area (Å²) in [6.45, 7) is 3.38. The fraction of sp³-hybridized carbons (Fsp3) is 0.500. The normalized spacial score (nSPS) is 20.2. The van der Waals surface area contributed by atoms with Gasteiger partial charge in [-0.25, -0.2) is 4.79 Å². The number of nitrogens with zero attached hydrogens (tertiary/aromatic N) is 2. The minimum absolute atomic E-state index is 0.113. The molecule has 1 aromatic carbocycles. The van der Waals surface area contributed by atoms with E-state index >= 15 is 0 Å². The third-order valence-electron chi connectivity index (χ3n) is 4.28. The van der Waals surface area contributed by atoms with Gasteiger partial charge in [0.2, 0.25) is 5.91 Å². The quantitative estimate of drug-likeness (QED) is 0.817. The van der Waals surface area contributed by atoms with Crippen molar-refractivity contribution in [2.75, 3.05) is 30.3 Å². The molecule has 0 N–H and O–H groups in total. The zero-order valence-electron chi connectivity index (χ0n) is 13.0. The standard InChI is InChI=1S/C16H19ClN2O3S/c1-2-22-15(21)18-9-7-16(8-10-18)19(14(20)11-23-16)13-5-3-12(17)4-6-13/h3-6H,2,7-11H2,1H3. The average molecular weight is 355 g/mol. The van der Waals surface area contributed by atoms with Gasteiger partial charge in [-0.05, 0) is 44.0 Å². The Balaban J connectivity index is 1.77. The van der Waals surface area contributed by atoms with Crippen molar-refractivity contribution in [2.24, 2.45) is 0 Å². The van der Waals surface area contributed by atoms with Gasteiger partial charge < -0.3 is 9.64 Å². The zero-order valence-corrected chi connectivity index (χ0v) is 14.5. The van der Waals surface area contributed by atoms with Crippen LogP contribution in [-0.2, 0) is 9.53 Å². The predicted molar refractivity (Wildman–Crippen MR) is 92.0 cm³/mol. The highest BCUT2D eigenvalue weighted by molar-refractivity contribution is 8.02. The molecule has 124 valence electrons. The SMILES string of the molecule is CCOC(=O)N1CCC2(CC1)SCC(=O)N2c1ccc(Cl)cc1. The van der Waals surface area contributed by atoms with Crippen molar-refractivity contribution in [3.8, 4) is 0 Å². The highest BCUT2D eigenvalue weighted by atomic mass is 35.5. The second-order valence-electron chi connectivity index (χ2n) is 5.63. The van der Waals surface area contributed by atoms with Crippen LogP contribution in [0.3, 0.4) is 0 Å². The Morgan fingerprint density at radius 3 is 2.57 bits per heavy atom. The Kier molecular flexibility index (Phi) is 4.73. The number of ether oxygens (including phenoxy) is 1. The van der Waals surface area contributed by atoms with E-state index in [9.17, 15) is 9.59 Å². The zero-order chi connectivity index (χ0) is 16.4. The number of amides is 2. The first-order valence-corrected chi connectivity index (χ1v) is 9.06. The number of carbonyl (C=O) groups excluding carboxylic acids is 2. The Hall–Kier alpha value is -1.40. The molecule has 2 aliphatic heterocycles. The van der Waals surface area contributed by atoms with Crippen LogP contribution < -0.4 is 4.90 Å². The number of carbonyl (C=O) groups is 2. The molecule has 0 unspecified atom stereocenters. The summed E-state index contributed by atoms with van der Waals surface area (Å²) in [6.07, 6.45) is 1.21. The Labute approximate surface area is 144 Å². The van der Waals surface area contributed by atoms with Gasteiger partial charge in [-0.3, -0.25) is 9.69 Å². The van der Waals surface area contributed by atoms with Crippen LogP contribution in [0.2, 0.25) is 5.02 Å². The number of anilines is 1. The fourth-order valence-corrected chi connectivity index (χ4v) is 4.60. The van der Waals surface area contributed by atoms with Gasteiger partial charge in [-0.1, -0.05) is 11.6 Å². The van der Waals surface area contributed by atoms with Crippen LogP contribution in [0, 0.1) is 0 Å². The van der Waals surface area contributed by atoms with Crippen LogP contribution in [-0.4, -0.2) is 47.2 Å². The minimum Gasteiger partial charge on any atom is -0.450 e. The van der Waals surface area contributed by atoms with Crippen LogP contribution in [0.1, 0.15) is 19.8 Å². The lowest BCUT2D eigenvalue weighted by molar-refractivity contribution is -0.116. The highest BCUT2D eigenvalue weighted by Gasteiger charge is 2.49. The third kappa shape index (κ3) is 3.15. The van der Waals surface area contributed by atoms with E-state index in [1.54, 1.807) is 35.7 Å². The first-order chi connectivity index (χ1) is 11.1. The van der Waals surface area contributed by atoms with Gasteiger partial charge in [0.1, 0.15) is 0 Å². The molecule has 0 aliphatic carbocycles. The molecule has 2 aliphatic rings. The molecule has 23 heavy (non-hydrogen) atoms. The summed E-state index contributed by atoms with van der Waals surface area (Å²) in [5, 5.41) is 0.652. The molecule has 2 heterocycles. The molecular formula is C16H19ClN2O3S. The van der Waals surface area contributed by atoms with E-state index in [0.29, 0.717) is 30.5 Å². The fourth-order valence-electron chi connectivity index (χ4n) is 3.14. The van der Waals surface area contributed by atoms with Gasteiger partial charge in [-0.15, -0.1) is 11.8 Å². The maximum absolute atomic E-state index is 12.4. The van der Waals surface area contributed by atoms with Gasteiger partial charge in [0.05, 0.1) is 17.2 Å². The van der Waals surface area contributed by atoms with Crippen LogP contribution >= 0.6 is 23.4 Å². The molecular weight excluding hydrogens is 336 g/mol. The molecule has 0 bridgehead atoms. The predicted octanol–water partition coefficient (Wildman–Crippen LogP) is 3.37. The van der Waals surface area contributed by atoms with Crippen molar-refractivity contribution in [2.45, 2.75) is 24.6 Å². The molecule has 1 aromatic rings. The van der Waals surface area contributed by atoms with E-state index < -0.39 is 0 Å². The molecule has 2 saturated heterocycles. The second kappa shape index (κ2) is 6.61. The number of thioether (sulfide) groups is 1. The largest absolute Gasteiger partial charge is 0.450 e. The first kappa shape index (κ1) is 16.5. The second-order valence-corrected chi connectivity index (χ2v) is 7.40. The average Bonchev–Trinajstić information content (AvgIpc) is 2.86. The molecule has 0 atom stereocenters. The summed E-state index contributed by atoms with van der Waals surface area (Å²) in [6, 6.07) is 7.36. The van der Waals surface area contributed by atoms with Crippen LogP contribution in [0.5, 0.6) is 0 Å². The van der Waals surface area contributed by atoms with E-state index in [2.05, 4.69) is 0 Å². The number of benzene rings is 1. The van der Waals surface area contributed by atoms with Crippen molar-refractivity contribution in [3.63, 3.8) is 0 Å². The number of rotatable bonds is 2. The summed E-state index contributed by atoms with van der Waals surface area (Å²) in [4.78, 5) is 27.6. The van der Waals surface area contributed by atoms with Crippen LogP contribution in [0.15, 0.2) is 24.3 Å². The van der Waals surface area contributed by atoms with E-state index in [1.807, 2.05) is 17.0 Å². The Morgan fingerprint density at radius 1 is 1.30 bits per heavy atom. The molecule has 0 saturated carbocycles. The van der Waals surface area contributed by atoms with Crippen molar-refractivity contribution in [1.82, 2.24) is 4.90 Å². The molecule has 3 rings (SSSR count). The Bertz CT molecular complexity index is 600. The summed E-state index contributed by atoms with van der Waals surface area (Å²) in [5.74, 6) is 0.587. The maximum Gasteiger partial charge on any atom is 0.409 e. The van der Waals surface area contributed by atoms with Gasteiger partial charge in [0.25, 0.3) is 0 Å². The summed E-state index contributed by atoms with van der Waals surface area (Å²) in [7, 11) is 0. The molecule has 2 fully saturated rings. The molecule has 2 amide bonds. The lowest BCUT2D eigenvalue weighted by Crippen LogP contribution is -2.53. The highest BCUT2D eigenvalue weighted by Crippen LogP contribution is 2.46. The first-order valence-electron chi connectivity index (χ1n) is 7.70. The van der Waals surface area contributed by atoms with Crippen LogP contribution in [0.25, 0.3) is 0 Å². The number of halogens is 1. The van der Waals surface area contributed by atoms with Crippen molar-refractivity contribution in [3.05, 3.63) is 29.3 Å². The van der Waals surface area contributed by atoms with Crippen molar-refractivity contribution < 1.29 is 14.3 Å². The van der Waals surface area contributed by atoms with E-state index in [1.165, 1.54) is 0 Å². The number of piperidine rings is 1. The maximum atomic E-state index is 12.4. The molecule has 0 radical (unpaired) electrons. The smallest absolute Gasteiger partial charge is 0.409 e. The molecule has 7 heteroatoms. The van der Waals surface area contributed by atoms with Crippen molar-refractivity contribution in [1.29, 1.82) is 0 Å². The topological polar surface area (TPSA) is 49.9 Å². The lowest BCUT2D eigenvalue weighted by Gasteiger charge is -2.43. The van der Waals surface area contributed by atoms with Gasteiger partial charge >= 0.3 is 6.09 Å². The number of likely N-dealkylation sites (tertiary alicyclic amines) is 1. The lowest BCUT2D eigenvalue weighted by atomic mass is 10.0. The molecule has 1 spiro atoms. The molecule has 5 nitrogen and oxygen atoms in total. The van der Waals surface area contributed by atoms with Crippen molar-refractivity contribution >= 4 is 41.1 Å². The van der Waals surface area contributed by atoms with Gasteiger partial charge in [0.15, 0.2) is 0 Å². The van der Waals surface area contributed by atoms with Gasteiger partial charge in [0, 0.05) is 23.8 Å².